The Labute approximate surface area is 86.9 Å². The van der Waals surface area contributed by atoms with Gasteiger partial charge in [-0.3, -0.25) is 0 Å². The van der Waals surface area contributed by atoms with E-state index in [1.54, 1.807) is 0 Å². The molecular weight excluding hydrogens is 263 g/mol. The van der Waals surface area contributed by atoms with E-state index in [9.17, 15) is 0 Å². The monoisotopic (exact) mass is 276 g/mol. The highest BCUT2D eigenvalue weighted by Gasteiger charge is 2.02. The maximum absolute atomic E-state index is 4.26. The maximum atomic E-state index is 4.26. The molecule has 0 bridgehead atoms. The van der Waals surface area contributed by atoms with Crippen molar-refractivity contribution in [3.8, 4) is 0 Å². The molecule has 0 amide bonds. The lowest BCUT2D eigenvalue weighted by Crippen LogP contribution is -2.12. The van der Waals surface area contributed by atoms with Crippen LogP contribution in [0.15, 0.2) is 12.3 Å². The van der Waals surface area contributed by atoms with E-state index >= 15 is 0 Å². The normalized spacial score (nSPS) is 10.4. The molecule has 0 fully saturated rings. The molecule has 1 aromatic heterocycles. The van der Waals surface area contributed by atoms with Gasteiger partial charge in [0.05, 0.1) is 0 Å². The van der Waals surface area contributed by atoms with Crippen LogP contribution in [-0.4, -0.2) is 11.0 Å². The van der Waals surface area contributed by atoms with Gasteiger partial charge in [0.25, 0.3) is 0 Å². The van der Waals surface area contributed by atoms with Crippen molar-refractivity contribution in [3.05, 3.63) is 21.4 Å². The van der Waals surface area contributed by atoms with Gasteiger partial charge >= 0.3 is 0 Å². The van der Waals surface area contributed by atoms with Crippen molar-refractivity contribution in [1.29, 1.82) is 0 Å². The Morgan fingerprint density at radius 1 is 1.50 bits per heavy atom. The van der Waals surface area contributed by atoms with E-state index in [1.165, 1.54) is 9.13 Å². The molecule has 1 rings (SSSR count). The lowest BCUT2D eigenvalue weighted by atomic mass is 10.2. The molecule has 2 nitrogen and oxygen atoms in total. The maximum Gasteiger partial charge on any atom is 0.130 e. The first-order chi connectivity index (χ1) is 5.61. The second-order valence-electron chi connectivity index (χ2n) is 3.07. The van der Waals surface area contributed by atoms with Gasteiger partial charge in [-0.2, -0.15) is 0 Å². The standard InChI is InChI=1S/C9H13IN2/c1-6(2)12-9-7(3)8(10)4-5-11-9/h4-6H,1-3H3,(H,11,12). The van der Waals surface area contributed by atoms with Crippen LogP contribution in [0, 0.1) is 10.5 Å². The lowest BCUT2D eigenvalue weighted by molar-refractivity contribution is 0.885. The smallest absolute Gasteiger partial charge is 0.130 e. The summed E-state index contributed by atoms with van der Waals surface area (Å²) in [5.74, 6) is 0.997. The molecule has 0 aliphatic carbocycles. The first kappa shape index (κ1) is 9.77. The zero-order valence-corrected chi connectivity index (χ0v) is 9.71. The molecule has 0 atom stereocenters. The van der Waals surface area contributed by atoms with E-state index in [1.807, 2.05) is 12.3 Å². The van der Waals surface area contributed by atoms with Gasteiger partial charge in [0, 0.05) is 21.4 Å². The van der Waals surface area contributed by atoms with Crippen LogP contribution in [-0.2, 0) is 0 Å². The van der Waals surface area contributed by atoms with Crippen LogP contribution in [0.5, 0.6) is 0 Å². The number of anilines is 1. The van der Waals surface area contributed by atoms with Gasteiger partial charge in [0.2, 0.25) is 0 Å². The summed E-state index contributed by atoms with van der Waals surface area (Å²) in [5, 5.41) is 3.30. The fraction of sp³-hybridized carbons (Fsp3) is 0.444. The average molecular weight is 276 g/mol. The van der Waals surface area contributed by atoms with Crippen molar-refractivity contribution in [1.82, 2.24) is 4.98 Å². The number of halogens is 1. The first-order valence-corrected chi connectivity index (χ1v) is 5.06. The summed E-state index contributed by atoms with van der Waals surface area (Å²) < 4.78 is 1.26. The summed E-state index contributed by atoms with van der Waals surface area (Å²) in [6.45, 7) is 6.31. The predicted molar refractivity (Wildman–Crippen MR) is 60.4 cm³/mol. The van der Waals surface area contributed by atoms with Gasteiger partial charge < -0.3 is 5.32 Å². The Hall–Kier alpha value is -0.320. The molecular formula is C9H13IN2. The number of aromatic nitrogens is 1. The molecule has 0 aromatic carbocycles. The third-order valence-electron chi connectivity index (χ3n) is 1.56. The van der Waals surface area contributed by atoms with Crippen LogP contribution in [0.2, 0.25) is 0 Å². The molecule has 0 unspecified atom stereocenters. The van der Waals surface area contributed by atoms with Crippen LogP contribution in [0.1, 0.15) is 19.4 Å². The molecule has 0 saturated carbocycles. The number of rotatable bonds is 2. The van der Waals surface area contributed by atoms with Gasteiger partial charge in [-0.05, 0) is 49.4 Å². The zero-order chi connectivity index (χ0) is 9.14. The molecule has 12 heavy (non-hydrogen) atoms. The zero-order valence-electron chi connectivity index (χ0n) is 7.56. The molecule has 1 heterocycles. The average Bonchev–Trinajstić information content (AvgIpc) is 1.98. The SMILES string of the molecule is Cc1c(I)ccnc1NC(C)C. The highest BCUT2D eigenvalue weighted by molar-refractivity contribution is 14.1. The van der Waals surface area contributed by atoms with Crippen molar-refractivity contribution in [2.45, 2.75) is 26.8 Å². The van der Waals surface area contributed by atoms with Gasteiger partial charge in [-0.1, -0.05) is 0 Å². The van der Waals surface area contributed by atoms with E-state index in [0.29, 0.717) is 6.04 Å². The summed E-state index contributed by atoms with van der Waals surface area (Å²) in [7, 11) is 0. The molecule has 0 aliphatic rings. The van der Waals surface area contributed by atoms with E-state index in [2.05, 4.69) is 53.7 Å². The van der Waals surface area contributed by atoms with Crippen LogP contribution in [0.4, 0.5) is 5.82 Å². The molecule has 0 radical (unpaired) electrons. The van der Waals surface area contributed by atoms with Gasteiger partial charge in [-0.15, -0.1) is 0 Å². The highest BCUT2D eigenvalue weighted by Crippen LogP contribution is 2.17. The summed E-state index contributed by atoms with van der Waals surface area (Å²) in [5.41, 5.74) is 1.23. The second-order valence-corrected chi connectivity index (χ2v) is 4.23. The summed E-state index contributed by atoms with van der Waals surface area (Å²) >= 11 is 2.32. The third kappa shape index (κ3) is 2.33. The summed E-state index contributed by atoms with van der Waals surface area (Å²) in [4.78, 5) is 4.26. The molecule has 66 valence electrons. The van der Waals surface area contributed by atoms with Gasteiger partial charge in [0.1, 0.15) is 5.82 Å². The van der Waals surface area contributed by atoms with Crippen LogP contribution in [0.3, 0.4) is 0 Å². The fourth-order valence-electron chi connectivity index (χ4n) is 0.931. The largest absolute Gasteiger partial charge is 0.368 e. The predicted octanol–water partition coefficient (Wildman–Crippen LogP) is 2.81. The van der Waals surface area contributed by atoms with E-state index in [-0.39, 0.29) is 0 Å². The first-order valence-electron chi connectivity index (χ1n) is 3.99. The molecule has 3 heteroatoms. The number of nitrogens with one attached hydrogen (secondary N) is 1. The fourth-order valence-corrected chi connectivity index (χ4v) is 1.35. The second kappa shape index (κ2) is 4.07. The number of nitrogens with zero attached hydrogens (tertiary/aromatic N) is 1. The Morgan fingerprint density at radius 2 is 2.17 bits per heavy atom. The summed E-state index contributed by atoms with van der Waals surface area (Å²) in [6.07, 6.45) is 1.83. The topological polar surface area (TPSA) is 24.9 Å². The van der Waals surface area contributed by atoms with Crippen LogP contribution >= 0.6 is 22.6 Å². The minimum atomic E-state index is 0.439. The quantitative estimate of drug-likeness (QED) is 0.840. The minimum Gasteiger partial charge on any atom is -0.368 e. The van der Waals surface area contributed by atoms with Gasteiger partial charge in [0.15, 0.2) is 0 Å². The Bertz CT molecular complexity index is 271. The molecule has 0 aliphatic heterocycles. The van der Waals surface area contributed by atoms with Gasteiger partial charge in [-0.25, -0.2) is 4.98 Å². The minimum absolute atomic E-state index is 0.439. The number of pyridine rings is 1. The van der Waals surface area contributed by atoms with Crippen LogP contribution in [0.25, 0.3) is 0 Å². The molecule has 1 N–H and O–H groups in total. The highest BCUT2D eigenvalue weighted by atomic mass is 127. The van der Waals surface area contributed by atoms with Crippen molar-refractivity contribution in [2.24, 2.45) is 0 Å². The van der Waals surface area contributed by atoms with E-state index < -0.39 is 0 Å². The molecule has 0 saturated heterocycles. The van der Waals surface area contributed by atoms with Crippen LogP contribution < -0.4 is 5.32 Å². The van der Waals surface area contributed by atoms with Crippen molar-refractivity contribution in [3.63, 3.8) is 0 Å². The number of hydrogen-bond acceptors (Lipinski definition) is 2. The molecule has 0 spiro atoms. The number of hydrogen-bond donors (Lipinski definition) is 1. The Morgan fingerprint density at radius 3 is 2.75 bits per heavy atom. The lowest BCUT2D eigenvalue weighted by Gasteiger charge is -2.11. The Balaban J connectivity index is 2.92. The van der Waals surface area contributed by atoms with Crippen molar-refractivity contribution < 1.29 is 0 Å². The summed E-state index contributed by atoms with van der Waals surface area (Å²) in [6, 6.07) is 2.45. The van der Waals surface area contributed by atoms with E-state index in [0.717, 1.165) is 5.82 Å². The molecule has 1 aromatic rings. The van der Waals surface area contributed by atoms with Crippen molar-refractivity contribution >= 4 is 28.4 Å². The van der Waals surface area contributed by atoms with Crippen molar-refractivity contribution in [2.75, 3.05) is 5.32 Å². The van der Waals surface area contributed by atoms with E-state index in [4.69, 9.17) is 0 Å². The third-order valence-corrected chi connectivity index (χ3v) is 2.73. The Kier molecular flexibility index (Phi) is 3.31.